The summed E-state index contributed by atoms with van der Waals surface area (Å²) in [7, 11) is -2.76. The van der Waals surface area contributed by atoms with E-state index in [0.29, 0.717) is 0 Å². The zero-order valence-corrected chi connectivity index (χ0v) is 14.5. The number of hydrogen-bond acceptors (Lipinski definition) is 5. The van der Waals surface area contributed by atoms with E-state index in [4.69, 9.17) is 17.3 Å². The molecule has 1 aliphatic heterocycles. The van der Waals surface area contributed by atoms with Crippen LogP contribution in [0.4, 0.5) is 10.1 Å². The summed E-state index contributed by atoms with van der Waals surface area (Å²) in [5.41, 5.74) is 4.09. The van der Waals surface area contributed by atoms with Crippen molar-refractivity contribution in [3.63, 3.8) is 0 Å². The summed E-state index contributed by atoms with van der Waals surface area (Å²) in [5, 5.41) is 10.6. The van der Waals surface area contributed by atoms with Gasteiger partial charge < -0.3 is 5.73 Å². The van der Waals surface area contributed by atoms with Crippen LogP contribution in [0.3, 0.4) is 0 Å². The van der Waals surface area contributed by atoms with Crippen LogP contribution >= 0.6 is 11.6 Å². The average Bonchev–Trinajstić information content (AvgIpc) is 2.38. The van der Waals surface area contributed by atoms with Gasteiger partial charge in [-0.1, -0.05) is 11.6 Å². The molecule has 1 aromatic carbocycles. The van der Waals surface area contributed by atoms with Crippen LogP contribution in [0, 0.1) is 15.9 Å². The number of benzene rings is 1. The second-order valence-electron chi connectivity index (χ2n) is 6.28. The van der Waals surface area contributed by atoms with E-state index in [2.05, 4.69) is 10.9 Å². The van der Waals surface area contributed by atoms with Crippen molar-refractivity contribution in [1.29, 1.82) is 0 Å². The normalized spacial score (nSPS) is 29.9. The third kappa shape index (κ3) is 2.70. The molecule has 9 heteroatoms. The van der Waals surface area contributed by atoms with Gasteiger partial charge in [-0.25, -0.2) is 4.39 Å². The Hall–Kier alpha value is -1.67. The van der Waals surface area contributed by atoms with Crippen molar-refractivity contribution in [2.45, 2.75) is 31.1 Å². The van der Waals surface area contributed by atoms with Crippen molar-refractivity contribution >= 4 is 38.5 Å². The molecule has 2 atom stereocenters. The Kier molecular flexibility index (Phi) is 3.97. The number of nitro benzene ring substituents is 1. The molecule has 2 N–H and O–H groups in total. The number of non-ortho nitro benzene ring substituents is 1. The van der Waals surface area contributed by atoms with Gasteiger partial charge in [0.1, 0.15) is 11.7 Å². The number of nitrogens with two attached hydrogens (primary N) is 1. The monoisotopic (exact) mass is 361 g/mol. The number of halogens is 2. The molecule has 0 radical (unpaired) electrons. The van der Waals surface area contributed by atoms with E-state index in [1.165, 1.54) is 6.92 Å². The first-order chi connectivity index (χ1) is 10.3. The van der Waals surface area contributed by atoms with Crippen LogP contribution in [0.15, 0.2) is 17.1 Å². The highest BCUT2D eigenvalue weighted by Gasteiger charge is 2.46. The average molecular weight is 362 g/mol. The number of aliphatic imine (C=N–C) groups is 1. The van der Waals surface area contributed by atoms with Gasteiger partial charge in [-0.3, -0.25) is 19.3 Å². The van der Waals surface area contributed by atoms with Crippen LogP contribution in [-0.2, 0) is 15.1 Å². The van der Waals surface area contributed by atoms with Gasteiger partial charge in [0.25, 0.3) is 5.69 Å². The molecule has 0 saturated heterocycles. The molecule has 0 spiro atoms. The van der Waals surface area contributed by atoms with Gasteiger partial charge in [-0.15, -0.1) is 0 Å². The smallest absolute Gasteiger partial charge is 0.271 e. The molecule has 0 bridgehead atoms. The lowest BCUT2D eigenvalue weighted by atomic mass is 9.92. The predicted octanol–water partition coefficient (Wildman–Crippen LogP) is 2.47. The minimum atomic E-state index is -2.76. The molecular weight excluding hydrogens is 345 g/mol. The highest BCUT2D eigenvalue weighted by atomic mass is 35.5. The Morgan fingerprint density at radius 2 is 2.04 bits per heavy atom. The van der Waals surface area contributed by atoms with Crippen LogP contribution in [0.2, 0.25) is 5.02 Å². The van der Waals surface area contributed by atoms with E-state index in [9.17, 15) is 18.7 Å². The molecule has 1 aromatic rings. The second-order valence-corrected chi connectivity index (χ2v) is 9.62. The second kappa shape index (κ2) is 5.17. The molecule has 0 aliphatic carbocycles. The fraction of sp³-hybridized carbons (Fsp3) is 0.429. The Labute approximate surface area is 138 Å². The summed E-state index contributed by atoms with van der Waals surface area (Å²) < 4.78 is 26.4. The summed E-state index contributed by atoms with van der Waals surface area (Å²) in [6.07, 6.45) is 0. The van der Waals surface area contributed by atoms with Gasteiger partial charge in [-0.05, 0) is 36.2 Å². The molecule has 2 rings (SSSR count). The summed E-state index contributed by atoms with van der Waals surface area (Å²) >= 11 is 5.76. The van der Waals surface area contributed by atoms with Crippen LogP contribution in [0.25, 0.3) is 0 Å². The van der Waals surface area contributed by atoms with Crippen molar-refractivity contribution < 1.29 is 13.5 Å². The Balaban J connectivity index is 2.76. The number of nitro groups is 1. The number of rotatable bonds is 2. The van der Waals surface area contributed by atoms with Crippen molar-refractivity contribution in [2.24, 2.45) is 10.7 Å². The van der Waals surface area contributed by atoms with Gasteiger partial charge in [-0.2, -0.15) is 0 Å². The third-order valence-corrected chi connectivity index (χ3v) is 7.60. The van der Waals surface area contributed by atoms with Crippen LogP contribution < -0.4 is 5.73 Å². The minimum absolute atomic E-state index is 0.0632. The minimum Gasteiger partial charge on any atom is -0.386 e. The lowest BCUT2D eigenvalue weighted by Gasteiger charge is -2.41. The van der Waals surface area contributed by atoms with Gasteiger partial charge in [0, 0.05) is 23.4 Å². The maximum absolute atomic E-state index is 14.5. The van der Waals surface area contributed by atoms with E-state index in [0.717, 1.165) is 12.1 Å². The van der Waals surface area contributed by atoms with Gasteiger partial charge in [0.15, 0.2) is 0 Å². The zero-order valence-electron chi connectivity index (χ0n) is 12.9. The van der Waals surface area contributed by atoms with Crippen LogP contribution in [0.1, 0.15) is 26.3 Å². The van der Waals surface area contributed by atoms with Gasteiger partial charge in [0.05, 0.1) is 20.2 Å². The maximum Gasteiger partial charge on any atom is 0.271 e. The number of amidine groups is 1. The molecule has 0 fully saturated rings. The summed E-state index contributed by atoms with van der Waals surface area (Å²) in [6.45, 7) is 4.81. The standard InChI is InChI=1S/C14H17ClFN3O3S/c1-13(2)12(17)18-14(3,7-23(13,4)22)9-5-8(19(20)21)6-10(15)11(9)16/h5-6H,4,7H2,1-3H3,(H2,17,18)/t14-,23?/m0/s1. The molecule has 0 amide bonds. The molecule has 0 aromatic heterocycles. The summed E-state index contributed by atoms with van der Waals surface area (Å²) in [6, 6.07) is 1.97. The first-order valence-corrected chi connectivity index (χ1v) is 8.93. The fourth-order valence-electron chi connectivity index (χ4n) is 2.47. The Morgan fingerprint density at radius 1 is 1.48 bits per heavy atom. The van der Waals surface area contributed by atoms with Crippen molar-refractivity contribution in [2.75, 3.05) is 5.75 Å². The number of hydrogen-bond donors (Lipinski definition) is 1. The quantitative estimate of drug-likeness (QED) is 0.497. The predicted molar refractivity (Wildman–Crippen MR) is 91.2 cm³/mol. The molecule has 0 saturated carbocycles. The molecular formula is C14H17ClFN3O3S. The third-order valence-electron chi connectivity index (χ3n) is 4.23. The molecule has 23 heavy (non-hydrogen) atoms. The van der Waals surface area contributed by atoms with Crippen molar-refractivity contribution in [1.82, 2.24) is 0 Å². The SMILES string of the molecule is C=S1(=O)C[C@@](C)(c2cc([N+](=O)[O-])cc(Cl)c2F)N=C(N)C1(C)C. The van der Waals surface area contributed by atoms with E-state index in [-0.39, 0.29) is 22.8 Å². The van der Waals surface area contributed by atoms with Gasteiger partial charge in [0.2, 0.25) is 0 Å². The molecule has 126 valence electrons. The largest absolute Gasteiger partial charge is 0.386 e. The highest BCUT2D eigenvalue weighted by Crippen LogP contribution is 2.40. The van der Waals surface area contributed by atoms with E-state index >= 15 is 0 Å². The van der Waals surface area contributed by atoms with Crippen molar-refractivity contribution in [3.8, 4) is 0 Å². The summed E-state index contributed by atoms with van der Waals surface area (Å²) in [4.78, 5) is 14.6. The maximum atomic E-state index is 14.5. The molecule has 1 unspecified atom stereocenters. The van der Waals surface area contributed by atoms with Gasteiger partial charge >= 0.3 is 0 Å². The van der Waals surface area contributed by atoms with Crippen LogP contribution in [-0.4, -0.2) is 31.3 Å². The zero-order chi connectivity index (χ0) is 17.8. The lowest BCUT2D eigenvalue weighted by molar-refractivity contribution is -0.385. The van der Waals surface area contributed by atoms with E-state index < -0.39 is 35.6 Å². The molecule has 1 heterocycles. The number of nitrogens with zero attached hydrogens (tertiary/aromatic N) is 2. The Bertz CT molecular complexity index is 836. The topological polar surface area (TPSA) is 98.6 Å². The Morgan fingerprint density at radius 3 is 2.52 bits per heavy atom. The van der Waals surface area contributed by atoms with E-state index in [1.807, 2.05) is 0 Å². The molecule has 1 aliphatic rings. The highest BCUT2D eigenvalue weighted by molar-refractivity contribution is 8.02. The van der Waals surface area contributed by atoms with Crippen molar-refractivity contribution in [3.05, 3.63) is 38.7 Å². The first-order valence-electron chi connectivity index (χ1n) is 6.66. The lowest BCUT2D eigenvalue weighted by Crippen LogP contribution is -2.54. The van der Waals surface area contributed by atoms with Crippen LogP contribution in [0.5, 0.6) is 0 Å². The summed E-state index contributed by atoms with van der Waals surface area (Å²) in [5.74, 6) is 2.87. The fourth-order valence-corrected chi connectivity index (χ4v) is 4.60. The first kappa shape index (κ1) is 17.7. The van der Waals surface area contributed by atoms with E-state index in [1.54, 1.807) is 13.8 Å². The molecule has 6 nitrogen and oxygen atoms in total.